The topological polar surface area (TPSA) is 55.7 Å². The molecule has 2 aromatic heterocycles. The number of nitrogens with one attached hydrogen (secondary N) is 1. The van der Waals surface area contributed by atoms with Crippen LogP contribution in [0.1, 0.15) is 5.56 Å². The maximum absolute atomic E-state index is 6.07. The summed E-state index contributed by atoms with van der Waals surface area (Å²) in [6.07, 6.45) is 2.96. The van der Waals surface area contributed by atoms with E-state index in [9.17, 15) is 0 Å². The second-order valence-corrected chi connectivity index (χ2v) is 8.20. The smallest absolute Gasteiger partial charge is 0.122 e. The van der Waals surface area contributed by atoms with Crippen molar-refractivity contribution in [3.8, 4) is 45.2 Å². The number of rotatable bonds is 4. The van der Waals surface area contributed by atoms with Crippen molar-refractivity contribution < 1.29 is 4.74 Å². The number of fused-ring (bicyclic) bond motifs is 1. The van der Waals surface area contributed by atoms with Crippen LogP contribution in [0.25, 0.3) is 39.5 Å². The molecular weight excluding hydrogens is 420 g/mol. The van der Waals surface area contributed by atoms with Gasteiger partial charge in [-0.3, -0.25) is 5.10 Å². The minimum absolute atomic E-state index is 0.697. The predicted octanol–water partition coefficient (Wildman–Crippen LogP) is 6.18. The molecule has 6 heteroatoms. The third kappa shape index (κ3) is 3.37. The largest absolute Gasteiger partial charge is 0.493 e. The molecule has 5 aromatic rings. The van der Waals surface area contributed by atoms with Crippen LogP contribution in [0.4, 0.5) is 0 Å². The van der Waals surface area contributed by atoms with Gasteiger partial charge in [0.25, 0.3) is 0 Å². The van der Waals surface area contributed by atoms with Crippen molar-refractivity contribution in [3.63, 3.8) is 0 Å². The molecule has 0 fully saturated rings. The van der Waals surface area contributed by atoms with Gasteiger partial charge in [-0.25, -0.2) is 4.68 Å². The van der Waals surface area contributed by atoms with Gasteiger partial charge in [-0.15, -0.1) is 0 Å². The summed E-state index contributed by atoms with van der Waals surface area (Å²) in [5, 5.41) is 13.4. The SMILES string of the molecule is Clc1ccc(-n2cc(-c3cc(-c4ccc5c(c4)CCO5)n[nH]3)c(-c3ccccc3)n2)cc1. The Kier molecular flexibility index (Phi) is 4.55. The molecule has 3 heterocycles. The lowest BCUT2D eigenvalue weighted by Gasteiger charge is -2.01. The summed E-state index contributed by atoms with van der Waals surface area (Å²) in [7, 11) is 0. The molecule has 3 aromatic carbocycles. The fourth-order valence-corrected chi connectivity index (χ4v) is 4.19. The molecule has 0 atom stereocenters. The zero-order chi connectivity index (χ0) is 21.5. The number of benzene rings is 3. The van der Waals surface area contributed by atoms with Crippen LogP contribution in [-0.2, 0) is 6.42 Å². The van der Waals surface area contributed by atoms with Crippen molar-refractivity contribution in [1.29, 1.82) is 0 Å². The van der Waals surface area contributed by atoms with Crippen molar-refractivity contribution >= 4 is 11.6 Å². The number of aromatic nitrogens is 4. The van der Waals surface area contributed by atoms with Crippen LogP contribution in [0.15, 0.2) is 85.1 Å². The first-order valence-electron chi connectivity index (χ1n) is 10.5. The molecule has 0 unspecified atom stereocenters. The molecule has 1 aliphatic rings. The molecule has 0 radical (unpaired) electrons. The van der Waals surface area contributed by atoms with Gasteiger partial charge in [-0.05, 0) is 54.1 Å². The fourth-order valence-electron chi connectivity index (χ4n) is 4.06. The number of ether oxygens (including phenoxy) is 1. The van der Waals surface area contributed by atoms with Gasteiger partial charge in [0.05, 0.1) is 23.7 Å². The third-order valence-electron chi connectivity index (χ3n) is 5.71. The molecule has 156 valence electrons. The summed E-state index contributed by atoms with van der Waals surface area (Å²) in [6.45, 7) is 0.745. The van der Waals surface area contributed by atoms with Gasteiger partial charge >= 0.3 is 0 Å². The molecular formula is C26H19ClN4O. The van der Waals surface area contributed by atoms with Gasteiger partial charge in [-0.1, -0.05) is 41.9 Å². The Morgan fingerprint density at radius 1 is 0.906 bits per heavy atom. The summed E-state index contributed by atoms with van der Waals surface area (Å²) in [4.78, 5) is 0. The molecule has 0 amide bonds. The zero-order valence-corrected chi connectivity index (χ0v) is 17.9. The first-order valence-corrected chi connectivity index (χ1v) is 10.9. The van der Waals surface area contributed by atoms with Crippen LogP contribution < -0.4 is 4.74 Å². The molecule has 1 N–H and O–H groups in total. The number of hydrogen-bond acceptors (Lipinski definition) is 3. The van der Waals surface area contributed by atoms with E-state index in [1.54, 1.807) is 0 Å². The van der Waals surface area contributed by atoms with Crippen LogP contribution in [0, 0.1) is 0 Å². The van der Waals surface area contributed by atoms with Gasteiger partial charge in [-0.2, -0.15) is 10.2 Å². The summed E-state index contributed by atoms with van der Waals surface area (Å²) in [5.74, 6) is 0.972. The maximum atomic E-state index is 6.07. The van der Waals surface area contributed by atoms with Gasteiger partial charge in [0.2, 0.25) is 0 Å². The Hall–Kier alpha value is -3.83. The summed E-state index contributed by atoms with van der Waals surface area (Å²) >= 11 is 6.07. The zero-order valence-electron chi connectivity index (χ0n) is 17.1. The Morgan fingerprint density at radius 2 is 1.75 bits per heavy atom. The van der Waals surface area contributed by atoms with E-state index in [4.69, 9.17) is 21.4 Å². The normalized spacial score (nSPS) is 12.5. The predicted molar refractivity (Wildman–Crippen MR) is 126 cm³/mol. The minimum Gasteiger partial charge on any atom is -0.493 e. The van der Waals surface area contributed by atoms with E-state index in [2.05, 4.69) is 40.5 Å². The van der Waals surface area contributed by atoms with E-state index in [0.29, 0.717) is 5.02 Å². The van der Waals surface area contributed by atoms with Crippen LogP contribution in [0.2, 0.25) is 5.02 Å². The van der Waals surface area contributed by atoms with Crippen molar-refractivity contribution in [3.05, 3.63) is 95.6 Å². The van der Waals surface area contributed by atoms with Crippen LogP contribution in [0.3, 0.4) is 0 Å². The fraction of sp³-hybridized carbons (Fsp3) is 0.0769. The number of halogens is 1. The lowest BCUT2D eigenvalue weighted by Crippen LogP contribution is -1.94. The average Bonchev–Trinajstić information content (AvgIpc) is 3.58. The van der Waals surface area contributed by atoms with Crippen molar-refractivity contribution in [2.24, 2.45) is 0 Å². The van der Waals surface area contributed by atoms with E-state index in [0.717, 1.165) is 58.2 Å². The molecule has 0 spiro atoms. The highest BCUT2D eigenvalue weighted by Crippen LogP contribution is 2.34. The Bertz CT molecular complexity index is 1400. The van der Waals surface area contributed by atoms with Gasteiger partial charge < -0.3 is 4.74 Å². The lowest BCUT2D eigenvalue weighted by atomic mass is 10.0. The van der Waals surface area contributed by atoms with Crippen molar-refractivity contribution in [1.82, 2.24) is 20.0 Å². The van der Waals surface area contributed by atoms with Gasteiger partial charge in [0, 0.05) is 34.3 Å². The van der Waals surface area contributed by atoms with E-state index in [1.165, 1.54) is 5.56 Å². The van der Waals surface area contributed by atoms with Crippen molar-refractivity contribution in [2.45, 2.75) is 6.42 Å². The van der Waals surface area contributed by atoms with Gasteiger partial charge in [0.15, 0.2) is 0 Å². The number of hydrogen-bond donors (Lipinski definition) is 1. The minimum atomic E-state index is 0.697. The Balaban J connectivity index is 1.44. The highest BCUT2D eigenvalue weighted by molar-refractivity contribution is 6.30. The van der Waals surface area contributed by atoms with Crippen LogP contribution in [0.5, 0.6) is 5.75 Å². The highest BCUT2D eigenvalue weighted by atomic mass is 35.5. The summed E-state index contributed by atoms with van der Waals surface area (Å²) < 4.78 is 7.51. The first-order chi connectivity index (χ1) is 15.7. The average molecular weight is 439 g/mol. The standard InChI is InChI=1S/C26H19ClN4O/c27-20-7-9-21(10-8-20)31-16-22(26(30-31)17-4-2-1-3-5-17)24-15-23(28-29-24)18-6-11-25-19(14-18)12-13-32-25/h1-11,14-16H,12-13H2,(H,28,29). The molecule has 5 nitrogen and oxygen atoms in total. The maximum Gasteiger partial charge on any atom is 0.122 e. The number of nitrogens with zero attached hydrogens (tertiary/aromatic N) is 3. The molecule has 0 aliphatic carbocycles. The number of H-pyrrole nitrogens is 1. The Morgan fingerprint density at radius 3 is 2.59 bits per heavy atom. The molecule has 0 saturated carbocycles. The van der Waals surface area contributed by atoms with Crippen LogP contribution >= 0.6 is 11.6 Å². The third-order valence-corrected chi connectivity index (χ3v) is 5.96. The molecule has 1 aliphatic heterocycles. The quantitative estimate of drug-likeness (QED) is 0.364. The molecule has 32 heavy (non-hydrogen) atoms. The van der Waals surface area contributed by atoms with Gasteiger partial charge in [0.1, 0.15) is 11.4 Å². The molecule has 0 bridgehead atoms. The van der Waals surface area contributed by atoms with Crippen molar-refractivity contribution in [2.75, 3.05) is 6.61 Å². The number of aromatic amines is 1. The summed E-state index contributed by atoms with van der Waals surface area (Å²) in [5.41, 5.74) is 7.96. The Labute approximate surface area is 190 Å². The van der Waals surface area contributed by atoms with E-state index in [1.807, 2.05) is 59.4 Å². The summed E-state index contributed by atoms with van der Waals surface area (Å²) in [6, 6.07) is 26.1. The highest BCUT2D eigenvalue weighted by Gasteiger charge is 2.18. The second-order valence-electron chi connectivity index (χ2n) is 7.77. The second kappa shape index (κ2) is 7.70. The van der Waals surface area contributed by atoms with Crippen LogP contribution in [-0.4, -0.2) is 26.6 Å². The lowest BCUT2D eigenvalue weighted by molar-refractivity contribution is 0.357. The molecule has 0 saturated heterocycles. The first kappa shape index (κ1) is 18.9. The van der Waals surface area contributed by atoms with E-state index < -0.39 is 0 Å². The monoisotopic (exact) mass is 438 g/mol. The molecule has 6 rings (SSSR count). The van der Waals surface area contributed by atoms with E-state index >= 15 is 0 Å². The van der Waals surface area contributed by atoms with E-state index in [-0.39, 0.29) is 0 Å².